The van der Waals surface area contributed by atoms with Crippen molar-refractivity contribution in [1.29, 1.82) is 0 Å². The third kappa shape index (κ3) is 2.14. The number of hydrogen-bond donors (Lipinski definition) is 1. The van der Waals surface area contributed by atoms with E-state index in [1.165, 1.54) is 6.92 Å². The van der Waals surface area contributed by atoms with Crippen LogP contribution in [0.1, 0.15) is 35.6 Å². The maximum Gasteiger partial charge on any atom is 0.313 e. The van der Waals surface area contributed by atoms with E-state index in [2.05, 4.69) is 9.97 Å². The van der Waals surface area contributed by atoms with Crippen molar-refractivity contribution in [3.8, 4) is 0 Å². The molecular weight excluding hydrogens is 244 g/mol. The Kier molecular flexibility index (Phi) is 2.65. The fourth-order valence-corrected chi connectivity index (χ4v) is 3.34. The summed E-state index contributed by atoms with van der Waals surface area (Å²) in [5, 5.41) is 8.88. The smallest absolute Gasteiger partial charge is 0.313 e. The zero-order chi connectivity index (χ0) is 12.8. The van der Waals surface area contributed by atoms with Crippen LogP contribution in [-0.4, -0.2) is 29.5 Å². The average Bonchev–Trinajstić information content (AvgIpc) is 2.51. The van der Waals surface area contributed by atoms with Crippen molar-refractivity contribution in [1.82, 2.24) is 9.97 Å². The molecule has 0 spiro atoms. The molecule has 0 amide bonds. The molecule has 7 heteroatoms. The monoisotopic (exact) mass is 256 g/mol. The number of sulfone groups is 1. The topological polar surface area (TPSA) is 97.2 Å². The highest BCUT2D eigenvalue weighted by Crippen LogP contribution is 2.26. The Bertz CT molecular complexity index is 595. The first-order valence-corrected chi connectivity index (χ1v) is 6.92. The second kappa shape index (κ2) is 3.76. The summed E-state index contributed by atoms with van der Waals surface area (Å²) < 4.78 is 22.9. The highest BCUT2D eigenvalue weighted by atomic mass is 32.2. The van der Waals surface area contributed by atoms with Gasteiger partial charge in [-0.15, -0.1) is 0 Å². The molecule has 1 atom stereocenters. The minimum atomic E-state index is -3.14. The maximum atomic E-state index is 11.5. The van der Waals surface area contributed by atoms with Crippen LogP contribution in [0.5, 0.6) is 0 Å². The average molecular weight is 256 g/mol. The van der Waals surface area contributed by atoms with Gasteiger partial charge in [0, 0.05) is 11.3 Å². The van der Waals surface area contributed by atoms with E-state index in [-0.39, 0.29) is 17.3 Å². The van der Waals surface area contributed by atoms with E-state index in [1.807, 2.05) is 0 Å². The summed E-state index contributed by atoms with van der Waals surface area (Å²) >= 11 is 0. The van der Waals surface area contributed by atoms with Gasteiger partial charge >= 0.3 is 5.97 Å². The molecule has 0 bridgehead atoms. The van der Waals surface area contributed by atoms with E-state index < -0.39 is 21.7 Å². The van der Waals surface area contributed by atoms with Crippen molar-refractivity contribution in [2.24, 2.45) is 0 Å². The molecule has 0 saturated carbocycles. The Labute approximate surface area is 98.6 Å². The van der Waals surface area contributed by atoms with Crippen LogP contribution in [0.3, 0.4) is 0 Å². The first-order valence-electron chi connectivity index (χ1n) is 5.09. The third-order valence-corrected chi connectivity index (χ3v) is 4.24. The second-order valence-corrected chi connectivity index (χ2v) is 6.25. The molecule has 0 aromatic carbocycles. The lowest BCUT2D eigenvalue weighted by Gasteiger charge is -2.08. The fourth-order valence-electron chi connectivity index (χ4n) is 1.77. The molecule has 1 aromatic rings. The van der Waals surface area contributed by atoms with Crippen LogP contribution in [0.15, 0.2) is 0 Å². The highest BCUT2D eigenvalue weighted by Gasteiger charge is 2.30. The Morgan fingerprint density at radius 3 is 2.59 bits per heavy atom. The predicted molar refractivity (Wildman–Crippen MR) is 59.1 cm³/mol. The fraction of sp³-hybridized carbons (Fsp3) is 0.500. The van der Waals surface area contributed by atoms with Gasteiger partial charge in [0.25, 0.3) is 0 Å². The van der Waals surface area contributed by atoms with Crippen LogP contribution in [0.4, 0.5) is 0 Å². The third-order valence-electron chi connectivity index (χ3n) is 2.80. The minimum Gasteiger partial charge on any atom is -0.481 e. The van der Waals surface area contributed by atoms with Gasteiger partial charge in [-0.3, -0.25) is 4.79 Å². The van der Waals surface area contributed by atoms with Crippen LogP contribution in [0, 0.1) is 6.92 Å². The van der Waals surface area contributed by atoms with Crippen molar-refractivity contribution in [3.63, 3.8) is 0 Å². The number of carboxylic acid groups (broad SMARTS) is 1. The van der Waals surface area contributed by atoms with E-state index in [0.717, 1.165) is 0 Å². The lowest BCUT2D eigenvalue weighted by Crippen LogP contribution is -2.13. The molecule has 0 aliphatic carbocycles. The molecule has 2 heterocycles. The van der Waals surface area contributed by atoms with Gasteiger partial charge in [-0.25, -0.2) is 18.4 Å². The molecule has 1 aromatic heterocycles. The summed E-state index contributed by atoms with van der Waals surface area (Å²) in [5.41, 5.74) is 1.62. The Balaban J connectivity index is 2.51. The number of rotatable bonds is 2. The number of carbonyl (C=O) groups is 1. The number of nitrogens with zero attached hydrogens (tertiary/aromatic N) is 2. The summed E-state index contributed by atoms with van der Waals surface area (Å²) in [4.78, 5) is 19.0. The molecule has 0 fully saturated rings. The van der Waals surface area contributed by atoms with Crippen LogP contribution in [-0.2, 0) is 26.1 Å². The Hall–Kier alpha value is -1.50. The van der Waals surface area contributed by atoms with E-state index in [0.29, 0.717) is 17.0 Å². The molecule has 17 heavy (non-hydrogen) atoms. The van der Waals surface area contributed by atoms with Crippen molar-refractivity contribution < 1.29 is 18.3 Å². The number of fused-ring (bicyclic) bond motifs is 1. The number of aliphatic carboxylic acids is 1. The summed E-state index contributed by atoms with van der Waals surface area (Å²) in [6.07, 6.45) is 0. The molecule has 1 N–H and O–H groups in total. The zero-order valence-corrected chi connectivity index (χ0v) is 10.3. The number of carboxylic acids is 1. The van der Waals surface area contributed by atoms with Crippen LogP contribution < -0.4 is 0 Å². The summed E-state index contributed by atoms with van der Waals surface area (Å²) in [7, 11) is -3.14. The van der Waals surface area contributed by atoms with Gasteiger partial charge in [-0.2, -0.15) is 0 Å². The minimum absolute atomic E-state index is 0.0457. The Morgan fingerprint density at radius 1 is 1.35 bits per heavy atom. The maximum absolute atomic E-state index is 11.5. The predicted octanol–water partition coefficient (Wildman–Crippen LogP) is 0.402. The molecule has 1 aliphatic rings. The molecule has 1 unspecified atom stereocenters. The van der Waals surface area contributed by atoms with E-state index >= 15 is 0 Å². The first-order chi connectivity index (χ1) is 7.80. The second-order valence-electron chi connectivity index (χ2n) is 4.18. The lowest BCUT2D eigenvalue weighted by molar-refractivity contribution is -0.138. The molecular formula is C10H12N2O4S. The van der Waals surface area contributed by atoms with Gasteiger partial charge in [0.1, 0.15) is 11.7 Å². The van der Waals surface area contributed by atoms with Gasteiger partial charge in [0.05, 0.1) is 17.2 Å². The summed E-state index contributed by atoms with van der Waals surface area (Å²) in [6.45, 7) is 3.16. The van der Waals surface area contributed by atoms with Crippen molar-refractivity contribution in [2.75, 3.05) is 0 Å². The highest BCUT2D eigenvalue weighted by molar-refractivity contribution is 7.90. The number of hydrogen-bond acceptors (Lipinski definition) is 5. The SMILES string of the molecule is Cc1nc(C(C)C(=O)O)nc2c1CS(=O)(=O)C2. The van der Waals surface area contributed by atoms with Gasteiger partial charge in [0.15, 0.2) is 9.84 Å². The zero-order valence-electron chi connectivity index (χ0n) is 9.47. The quantitative estimate of drug-likeness (QED) is 0.822. The summed E-state index contributed by atoms with van der Waals surface area (Å²) in [5.74, 6) is -1.85. The molecule has 0 radical (unpaired) electrons. The van der Waals surface area contributed by atoms with Gasteiger partial charge in [-0.1, -0.05) is 0 Å². The van der Waals surface area contributed by atoms with E-state index in [1.54, 1.807) is 6.92 Å². The van der Waals surface area contributed by atoms with E-state index in [4.69, 9.17) is 5.11 Å². The Morgan fingerprint density at radius 2 is 2.00 bits per heavy atom. The van der Waals surface area contributed by atoms with Crippen LogP contribution in [0.25, 0.3) is 0 Å². The lowest BCUT2D eigenvalue weighted by atomic mass is 10.1. The molecule has 6 nitrogen and oxygen atoms in total. The van der Waals surface area contributed by atoms with Crippen molar-refractivity contribution >= 4 is 15.8 Å². The van der Waals surface area contributed by atoms with Crippen LogP contribution >= 0.6 is 0 Å². The molecule has 1 aliphatic heterocycles. The van der Waals surface area contributed by atoms with Gasteiger partial charge < -0.3 is 5.11 Å². The standard InChI is InChI=1S/C10H12N2O4S/c1-5(10(13)14)9-11-6(2)7-3-17(15,16)4-8(7)12-9/h5H,3-4H2,1-2H3,(H,13,14). The summed E-state index contributed by atoms with van der Waals surface area (Å²) in [6, 6.07) is 0. The van der Waals surface area contributed by atoms with Gasteiger partial charge in [-0.05, 0) is 13.8 Å². The number of aryl methyl sites for hydroxylation is 1. The van der Waals surface area contributed by atoms with Crippen molar-refractivity contribution in [2.45, 2.75) is 31.3 Å². The largest absolute Gasteiger partial charge is 0.481 e. The first kappa shape index (κ1) is 12.0. The molecule has 92 valence electrons. The van der Waals surface area contributed by atoms with Crippen LogP contribution in [0.2, 0.25) is 0 Å². The number of aromatic nitrogens is 2. The van der Waals surface area contributed by atoms with Crippen molar-refractivity contribution in [3.05, 3.63) is 22.8 Å². The molecule has 2 rings (SSSR count). The van der Waals surface area contributed by atoms with E-state index in [9.17, 15) is 13.2 Å². The van der Waals surface area contributed by atoms with Gasteiger partial charge in [0.2, 0.25) is 0 Å². The molecule has 0 saturated heterocycles. The normalized spacial score (nSPS) is 18.7.